The third-order valence-corrected chi connectivity index (χ3v) is 6.27. The minimum atomic E-state index is -0.314. The lowest BCUT2D eigenvalue weighted by atomic mass is 9.96. The van der Waals surface area contributed by atoms with E-state index in [2.05, 4.69) is 38.5 Å². The summed E-state index contributed by atoms with van der Waals surface area (Å²) in [6, 6.07) is 7.93. The molecule has 0 spiro atoms. The Hall–Kier alpha value is 0.0300. The molecule has 0 bridgehead atoms. The quantitative estimate of drug-likeness (QED) is 0.339. The van der Waals surface area contributed by atoms with Crippen LogP contribution >= 0.6 is 61.7 Å². The highest BCUT2D eigenvalue weighted by Gasteiger charge is 2.22. The van der Waals surface area contributed by atoms with Crippen molar-refractivity contribution in [2.75, 3.05) is 7.11 Å². The highest BCUT2D eigenvalue weighted by molar-refractivity contribution is 14.1. The topological polar surface area (TPSA) is 9.23 Å². The SMILES string of the molecule is COc1c(C)cc(Br)c(C)c1C(Cl)c1ccc(I)c(Cl)c1. The van der Waals surface area contributed by atoms with E-state index >= 15 is 0 Å². The second-order valence-corrected chi connectivity index (χ2v) is 7.64. The van der Waals surface area contributed by atoms with Crippen molar-refractivity contribution in [3.05, 3.63) is 59.6 Å². The first-order valence-corrected chi connectivity index (χ1v) is 8.98. The zero-order valence-electron chi connectivity index (χ0n) is 11.8. The maximum Gasteiger partial charge on any atom is 0.127 e. The minimum Gasteiger partial charge on any atom is -0.496 e. The Morgan fingerprint density at radius 2 is 1.90 bits per heavy atom. The van der Waals surface area contributed by atoms with Gasteiger partial charge in [0.05, 0.1) is 17.5 Å². The van der Waals surface area contributed by atoms with E-state index in [0.717, 1.165) is 36.0 Å². The fourth-order valence-electron chi connectivity index (χ4n) is 2.29. The number of alkyl halides is 1. The molecule has 112 valence electrons. The second kappa shape index (κ2) is 7.07. The maximum absolute atomic E-state index is 6.73. The summed E-state index contributed by atoms with van der Waals surface area (Å²) in [5, 5.41) is 0.396. The zero-order chi connectivity index (χ0) is 15.7. The summed E-state index contributed by atoms with van der Waals surface area (Å²) in [6.07, 6.45) is 0. The van der Waals surface area contributed by atoms with Crippen LogP contribution in [-0.2, 0) is 0 Å². The predicted octanol–water partition coefficient (Wildman–Crippen LogP) is 6.66. The molecule has 5 heteroatoms. The molecule has 2 aromatic carbocycles. The highest BCUT2D eigenvalue weighted by atomic mass is 127. The lowest BCUT2D eigenvalue weighted by Gasteiger charge is -2.20. The second-order valence-electron chi connectivity index (χ2n) is 4.78. The van der Waals surface area contributed by atoms with E-state index < -0.39 is 0 Å². The Morgan fingerprint density at radius 3 is 2.48 bits per heavy atom. The van der Waals surface area contributed by atoms with E-state index in [4.69, 9.17) is 27.9 Å². The van der Waals surface area contributed by atoms with Crippen LogP contribution in [0.15, 0.2) is 28.7 Å². The monoisotopic (exact) mass is 498 g/mol. The molecule has 0 aliphatic heterocycles. The lowest BCUT2D eigenvalue weighted by Crippen LogP contribution is -2.03. The fraction of sp³-hybridized carbons (Fsp3) is 0.250. The van der Waals surface area contributed by atoms with Crippen LogP contribution in [0.2, 0.25) is 5.02 Å². The molecule has 0 saturated heterocycles. The third kappa shape index (κ3) is 3.52. The van der Waals surface area contributed by atoms with Gasteiger partial charge in [-0.05, 0) is 71.3 Å². The summed E-state index contributed by atoms with van der Waals surface area (Å²) in [4.78, 5) is 0. The summed E-state index contributed by atoms with van der Waals surface area (Å²) in [5.74, 6) is 0.824. The maximum atomic E-state index is 6.73. The van der Waals surface area contributed by atoms with E-state index in [9.17, 15) is 0 Å². The van der Waals surface area contributed by atoms with Gasteiger partial charge in [0.1, 0.15) is 5.75 Å². The van der Waals surface area contributed by atoms with Crippen molar-refractivity contribution in [3.8, 4) is 5.75 Å². The molecular formula is C16H14BrCl2IO. The predicted molar refractivity (Wildman–Crippen MR) is 102 cm³/mol. The molecule has 2 rings (SSSR count). The number of aryl methyl sites for hydroxylation is 1. The summed E-state index contributed by atoms with van der Waals surface area (Å²) in [7, 11) is 1.67. The average molecular weight is 500 g/mol. The molecular weight excluding hydrogens is 486 g/mol. The number of rotatable bonds is 3. The summed E-state index contributed by atoms with van der Waals surface area (Å²) in [6.45, 7) is 4.04. The van der Waals surface area contributed by atoms with Crippen LogP contribution in [0.4, 0.5) is 0 Å². The molecule has 1 nitrogen and oxygen atoms in total. The first-order valence-electron chi connectivity index (χ1n) is 6.29. The Bertz CT molecular complexity index is 688. The van der Waals surface area contributed by atoms with Gasteiger partial charge >= 0.3 is 0 Å². The van der Waals surface area contributed by atoms with Gasteiger partial charge in [-0.15, -0.1) is 11.6 Å². The van der Waals surface area contributed by atoms with E-state index in [-0.39, 0.29) is 5.38 Å². The van der Waals surface area contributed by atoms with Crippen molar-refractivity contribution in [2.24, 2.45) is 0 Å². The largest absolute Gasteiger partial charge is 0.496 e. The van der Waals surface area contributed by atoms with Gasteiger partial charge < -0.3 is 4.74 Å². The number of hydrogen-bond donors (Lipinski definition) is 0. The first-order chi connectivity index (χ1) is 9.86. The van der Waals surface area contributed by atoms with Gasteiger partial charge in [0.25, 0.3) is 0 Å². The molecule has 21 heavy (non-hydrogen) atoms. The van der Waals surface area contributed by atoms with Crippen molar-refractivity contribution in [1.82, 2.24) is 0 Å². The first kappa shape index (κ1) is 17.4. The van der Waals surface area contributed by atoms with E-state index in [1.807, 2.05) is 38.1 Å². The Kier molecular flexibility index (Phi) is 5.85. The molecule has 0 aliphatic carbocycles. The summed E-state index contributed by atoms with van der Waals surface area (Å²) >= 11 is 18.7. The Balaban J connectivity index is 2.62. The van der Waals surface area contributed by atoms with Crippen LogP contribution in [0, 0.1) is 17.4 Å². The Labute approximate surface area is 157 Å². The number of halogens is 4. The van der Waals surface area contributed by atoms with Crippen molar-refractivity contribution >= 4 is 61.7 Å². The number of ether oxygens (including phenoxy) is 1. The third-order valence-electron chi connectivity index (χ3n) is 3.40. The Morgan fingerprint density at radius 1 is 1.24 bits per heavy atom. The van der Waals surface area contributed by atoms with Gasteiger partial charge in [0, 0.05) is 13.6 Å². The van der Waals surface area contributed by atoms with Gasteiger partial charge in [-0.3, -0.25) is 0 Å². The van der Waals surface area contributed by atoms with Gasteiger partial charge in [0.2, 0.25) is 0 Å². The van der Waals surface area contributed by atoms with Crippen molar-refractivity contribution in [1.29, 1.82) is 0 Å². The molecule has 0 heterocycles. The van der Waals surface area contributed by atoms with Crippen LogP contribution in [0.1, 0.15) is 27.6 Å². The smallest absolute Gasteiger partial charge is 0.127 e. The zero-order valence-corrected chi connectivity index (χ0v) is 17.1. The van der Waals surface area contributed by atoms with E-state index in [0.29, 0.717) is 5.02 Å². The molecule has 0 fully saturated rings. The van der Waals surface area contributed by atoms with Crippen LogP contribution < -0.4 is 4.74 Å². The lowest BCUT2D eigenvalue weighted by molar-refractivity contribution is 0.406. The van der Waals surface area contributed by atoms with Crippen molar-refractivity contribution in [2.45, 2.75) is 19.2 Å². The fourth-order valence-corrected chi connectivity index (χ4v) is 3.77. The molecule has 0 amide bonds. The molecule has 0 N–H and O–H groups in total. The highest BCUT2D eigenvalue weighted by Crippen LogP contribution is 2.42. The molecule has 0 aliphatic rings. The van der Waals surface area contributed by atoms with Crippen LogP contribution in [0.5, 0.6) is 5.75 Å². The number of benzene rings is 2. The molecule has 1 atom stereocenters. The number of hydrogen-bond acceptors (Lipinski definition) is 1. The van der Waals surface area contributed by atoms with Crippen LogP contribution in [0.3, 0.4) is 0 Å². The molecule has 0 aromatic heterocycles. The standard InChI is InChI=1S/C16H14BrCl2IO/c1-8-6-11(17)9(2)14(16(8)21-3)15(19)10-4-5-13(20)12(18)7-10/h4-7,15H,1-3H3. The summed E-state index contributed by atoms with van der Waals surface area (Å²) in [5.41, 5.74) is 4.06. The normalized spacial score (nSPS) is 12.3. The average Bonchev–Trinajstić information content (AvgIpc) is 2.44. The molecule has 0 radical (unpaired) electrons. The van der Waals surface area contributed by atoms with Crippen LogP contribution in [0.25, 0.3) is 0 Å². The minimum absolute atomic E-state index is 0.314. The van der Waals surface area contributed by atoms with Gasteiger partial charge in [0.15, 0.2) is 0 Å². The van der Waals surface area contributed by atoms with Crippen molar-refractivity contribution < 1.29 is 4.74 Å². The van der Waals surface area contributed by atoms with Gasteiger partial charge in [-0.25, -0.2) is 0 Å². The van der Waals surface area contributed by atoms with Gasteiger partial charge in [-0.1, -0.05) is 33.6 Å². The van der Waals surface area contributed by atoms with E-state index in [1.54, 1.807) is 7.11 Å². The molecule has 2 aromatic rings. The number of methoxy groups -OCH3 is 1. The molecule has 0 saturated carbocycles. The summed E-state index contributed by atoms with van der Waals surface area (Å²) < 4.78 is 7.60. The van der Waals surface area contributed by atoms with Gasteiger partial charge in [-0.2, -0.15) is 0 Å². The molecule has 1 unspecified atom stereocenters. The van der Waals surface area contributed by atoms with Crippen LogP contribution in [-0.4, -0.2) is 7.11 Å². The van der Waals surface area contributed by atoms with E-state index in [1.165, 1.54) is 0 Å². The van der Waals surface area contributed by atoms with Crippen molar-refractivity contribution in [3.63, 3.8) is 0 Å².